The largest absolute Gasteiger partial charge is 0.461 e. The highest BCUT2D eigenvalue weighted by atomic mass is 16.3. The summed E-state index contributed by atoms with van der Waals surface area (Å²) in [5, 5.41) is 0. The topological polar surface area (TPSA) is 13.1 Å². The zero-order chi connectivity index (χ0) is 5.98. The summed E-state index contributed by atoms with van der Waals surface area (Å²) in [7, 11) is 0. The van der Waals surface area contributed by atoms with Gasteiger partial charge in [0.2, 0.25) is 0 Å². The van der Waals surface area contributed by atoms with Crippen LogP contribution in [-0.4, -0.2) is 0 Å². The third kappa shape index (κ3) is 0.915. The van der Waals surface area contributed by atoms with Gasteiger partial charge in [-0.2, -0.15) is 0 Å². The number of hydrogen-bond acceptors (Lipinski definition) is 1. The Balaban J connectivity index is 2.77. The molecule has 1 aromatic heterocycles. The van der Waals surface area contributed by atoms with Crippen molar-refractivity contribution in [3.05, 3.63) is 24.2 Å². The lowest BCUT2D eigenvalue weighted by Gasteiger charge is -1.94. The van der Waals surface area contributed by atoms with E-state index in [0.717, 1.165) is 0 Å². The summed E-state index contributed by atoms with van der Waals surface area (Å²) >= 11 is 0. The van der Waals surface area contributed by atoms with Gasteiger partial charge in [0.05, 0.1) is 6.26 Å². The monoisotopic (exact) mass is 109 g/mol. The summed E-state index contributed by atoms with van der Waals surface area (Å²) in [5.74, 6) is 0.560. The van der Waals surface area contributed by atoms with E-state index in [1.165, 1.54) is 5.56 Å². The third-order valence-corrected chi connectivity index (χ3v) is 1.16. The molecule has 0 N–H and O–H groups in total. The van der Waals surface area contributed by atoms with Crippen molar-refractivity contribution >= 4 is 0 Å². The van der Waals surface area contributed by atoms with E-state index in [0.29, 0.717) is 5.92 Å². The van der Waals surface area contributed by atoms with Crippen LogP contribution in [-0.2, 0) is 0 Å². The third-order valence-electron chi connectivity index (χ3n) is 1.16. The maximum atomic E-state index is 4.75. The van der Waals surface area contributed by atoms with Crippen molar-refractivity contribution in [1.82, 2.24) is 0 Å². The molecule has 0 aliphatic heterocycles. The molecule has 1 heterocycles. The average Bonchev–Trinajstić information content (AvgIpc) is 2.12. The van der Waals surface area contributed by atoms with E-state index in [4.69, 9.17) is 4.42 Å². The van der Waals surface area contributed by atoms with Crippen molar-refractivity contribution in [2.24, 2.45) is 0 Å². The van der Waals surface area contributed by atoms with Gasteiger partial charge in [-0.1, -0.05) is 13.8 Å². The average molecular weight is 109 g/mol. The molecule has 0 saturated carbocycles. The molecule has 1 aromatic rings. The smallest absolute Gasteiger partial charge is 0.169 e. The van der Waals surface area contributed by atoms with Crippen LogP contribution in [0.15, 0.2) is 16.7 Å². The van der Waals surface area contributed by atoms with Crippen molar-refractivity contribution in [3.63, 3.8) is 0 Å². The molecule has 0 spiro atoms. The van der Waals surface area contributed by atoms with E-state index < -0.39 is 0 Å². The number of furan rings is 1. The Labute approximate surface area is 49.3 Å². The highest BCUT2D eigenvalue weighted by Gasteiger charge is 1.97. The molecule has 0 fully saturated rings. The fraction of sp³-hybridized carbons (Fsp3) is 0.429. The van der Waals surface area contributed by atoms with Crippen LogP contribution in [0.25, 0.3) is 0 Å². The lowest BCUT2D eigenvalue weighted by molar-refractivity contribution is 0.553. The number of hydrogen-bond donors (Lipinski definition) is 0. The normalized spacial score (nSPS) is 10.4. The molecule has 0 saturated heterocycles. The van der Waals surface area contributed by atoms with E-state index in [2.05, 4.69) is 20.1 Å². The van der Waals surface area contributed by atoms with Gasteiger partial charge in [-0.3, -0.25) is 0 Å². The van der Waals surface area contributed by atoms with E-state index in [-0.39, 0.29) is 0 Å². The van der Waals surface area contributed by atoms with Crippen LogP contribution < -0.4 is 0 Å². The van der Waals surface area contributed by atoms with E-state index in [1.54, 1.807) is 6.26 Å². The maximum absolute atomic E-state index is 4.75. The minimum absolute atomic E-state index is 0.560. The molecule has 0 unspecified atom stereocenters. The quantitative estimate of drug-likeness (QED) is 0.538. The zero-order valence-electron chi connectivity index (χ0n) is 5.14. The Bertz CT molecular complexity index is 139. The van der Waals surface area contributed by atoms with Gasteiger partial charge >= 0.3 is 0 Å². The van der Waals surface area contributed by atoms with E-state index in [1.807, 2.05) is 6.07 Å². The van der Waals surface area contributed by atoms with Crippen LogP contribution in [0.3, 0.4) is 0 Å². The van der Waals surface area contributed by atoms with Crippen molar-refractivity contribution in [2.75, 3.05) is 0 Å². The molecular formula is C7H9O. The highest BCUT2D eigenvalue weighted by molar-refractivity contribution is 5.08. The van der Waals surface area contributed by atoms with Gasteiger partial charge < -0.3 is 4.42 Å². The van der Waals surface area contributed by atoms with Gasteiger partial charge in [0.25, 0.3) is 0 Å². The Kier molecular flexibility index (Phi) is 1.38. The highest BCUT2D eigenvalue weighted by Crippen LogP contribution is 2.12. The van der Waals surface area contributed by atoms with Gasteiger partial charge in [-0.25, -0.2) is 0 Å². The summed E-state index contributed by atoms with van der Waals surface area (Å²) in [4.78, 5) is 0. The molecule has 0 atom stereocenters. The molecular weight excluding hydrogens is 100 g/mol. The summed E-state index contributed by atoms with van der Waals surface area (Å²) in [6.07, 6.45) is 4.36. The first kappa shape index (κ1) is 5.42. The van der Waals surface area contributed by atoms with Crippen molar-refractivity contribution in [2.45, 2.75) is 19.8 Å². The molecule has 1 nitrogen and oxygen atoms in total. The molecule has 1 heteroatoms. The van der Waals surface area contributed by atoms with Crippen LogP contribution in [0.4, 0.5) is 0 Å². The van der Waals surface area contributed by atoms with Crippen molar-refractivity contribution in [3.8, 4) is 0 Å². The van der Waals surface area contributed by atoms with E-state index >= 15 is 0 Å². The minimum atomic E-state index is 0.560. The van der Waals surface area contributed by atoms with Crippen LogP contribution in [0.1, 0.15) is 25.3 Å². The molecule has 8 heavy (non-hydrogen) atoms. The summed E-state index contributed by atoms with van der Waals surface area (Å²) in [6.45, 7) is 4.25. The second-order valence-electron chi connectivity index (χ2n) is 2.15. The predicted octanol–water partition coefficient (Wildman–Crippen LogP) is 2.20. The lowest BCUT2D eigenvalue weighted by atomic mass is 10.1. The minimum Gasteiger partial charge on any atom is -0.461 e. The second-order valence-corrected chi connectivity index (χ2v) is 2.15. The van der Waals surface area contributed by atoms with Gasteiger partial charge in [0.15, 0.2) is 6.26 Å². The fourth-order valence-corrected chi connectivity index (χ4v) is 0.541. The first-order valence-corrected chi connectivity index (χ1v) is 2.75. The molecule has 43 valence electrons. The summed E-state index contributed by atoms with van der Waals surface area (Å²) in [5.41, 5.74) is 1.21. The molecule has 0 aromatic carbocycles. The van der Waals surface area contributed by atoms with Gasteiger partial charge in [-0.15, -0.1) is 0 Å². The van der Waals surface area contributed by atoms with Gasteiger partial charge in [-0.05, 0) is 17.5 Å². The molecule has 0 aliphatic rings. The molecule has 1 radical (unpaired) electrons. The first-order valence-electron chi connectivity index (χ1n) is 2.75. The van der Waals surface area contributed by atoms with E-state index in [9.17, 15) is 0 Å². The Hall–Kier alpha value is -0.720. The van der Waals surface area contributed by atoms with Gasteiger partial charge in [0, 0.05) is 0 Å². The molecule has 0 bridgehead atoms. The summed E-state index contributed by atoms with van der Waals surface area (Å²) < 4.78 is 4.75. The summed E-state index contributed by atoms with van der Waals surface area (Å²) in [6, 6.07) is 1.87. The number of rotatable bonds is 1. The Morgan fingerprint density at radius 3 is 2.62 bits per heavy atom. The molecule has 0 amide bonds. The fourth-order valence-electron chi connectivity index (χ4n) is 0.541. The first-order chi connectivity index (χ1) is 3.80. The predicted molar refractivity (Wildman–Crippen MR) is 31.6 cm³/mol. The zero-order valence-corrected chi connectivity index (χ0v) is 5.14. The van der Waals surface area contributed by atoms with Gasteiger partial charge in [0.1, 0.15) is 0 Å². The SMILES string of the molecule is CC(C)c1c[c]oc1. The standard InChI is InChI=1S/C7H9O/c1-6(2)7-3-4-8-5-7/h3,5-6H,1-2H3. The van der Waals surface area contributed by atoms with Crippen molar-refractivity contribution < 1.29 is 4.42 Å². The van der Waals surface area contributed by atoms with Crippen LogP contribution in [0.2, 0.25) is 0 Å². The van der Waals surface area contributed by atoms with Crippen LogP contribution in [0.5, 0.6) is 0 Å². The Morgan fingerprint density at radius 2 is 2.38 bits per heavy atom. The molecule has 0 aliphatic carbocycles. The van der Waals surface area contributed by atoms with Crippen LogP contribution >= 0.6 is 0 Å². The molecule has 1 rings (SSSR count). The Morgan fingerprint density at radius 1 is 1.62 bits per heavy atom. The maximum Gasteiger partial charge on any atom is 0.169 e. The van der Waals surface area contributed by atoms with Crippen molar-refractivity contribution in [1.29, 1.82) is 0 Å². The lowest BCUT2D eigenvalue weighted by Crippen LogP contribution is -1.79. The van der Waals surface area contributed by atoms with Crippen LogP contribution in [0, 0.1) is 6.26 Å². The second kappa shape index (κ2) is 2.03.